The normalized spacial score (nSPS) is 15.6. The zero-order chi connectivity index (χ0) is 51.4. The quantitative estimate of drug-likeness (QED) is 0.122. The Morgan fingerprint density at radius 3 is 2.34 bits per heavy atom. The Kier molecular flexibility index (Phi) is 12.1. The summed E-state index contributed by atoms with van der Waals surface area (Å²) in [6, 6.07) is 27.2. The maximum atomic E-state index is 17.5. The minimum atomic E-state index is -0.698. The highest BCUT2D eigenvalue weighted by molar-refractivity contribution is 6.12. The van der Waals surface area contributed by atoms with E-state index in [2.05, 4.69) is 26.1 Å². The molecule has 2 unspecified atom stereocenters. The van der Waals surface area contributed by atoms with Gasteiger partial charge in [0, 0.05) is 55.3 Å². The highest BCUT2D eigenvalue weighted by atomic mass is 19.1. The Morgan fingerprint density at radius 2 is 1.64 bits per heavy atom. The Hall–Kier alpha value is -9.34. The molecule has 6 heterocycles. The molecule has 0 radical (unpaired) electrons. The van der Waals surface area contributed by atoms with Crippen LogP contribution in [0, 0.1) is 12.7 Å². The van der Waals surface area contributed by atoms with Crippen LogP contribution in [0.3, 0.4) is 0 Å². The summed E-state index contributed by atoms with van der Waals surface area (Å²) in [5.41, 5.74) is 11.2. The lowest BCUT2D eigenvalue weighted by atomic mass is 9.97. The number of nitrogens with zero attached hydrogens (tertiary/aromatic N) is 10. The molecule has 1 aliphatic carbocycles. The number of carbonyl (C=O) groups is 3. The van der Waals surface area contributed by atoms with E-state index in [1.165, 1.54) is 37.3 Å². The third-order valence-electron chi connectivity index (χ3n) is 13.5. The second-order valence-corrected chi connectivity index (χ2v) is 18.1. The lowest BCUT2D eigenvalue weighted by molar-refractivity contribution is -0.611. The van der Waals surface area contributed by atoms with Crippen molar-refractivity contribution in [2.45, 2.75) is 32.1 Å². The van der Waals surface area contributed by atoms with Crippen LogP contribution in [0.2, 0.25) is 0 Å². The van der Waals surface area contributed by atoms with Gasteiger partial charge in [0.2, 0.25) is 12.1 Å². The van der Waals surface area contributed by atoms with Gasteiger partial charge < -0.3 is 26.4 Å². The number of nitrogens with two attached hydrogens (primary N) is 1. The van der Waals surface area contributed by atoms with Crippen LogP contribution in [0.4, 0.5) is 15.8 Å². The third-order valence-corrected chi connectivity index (χ3v) is 13.5. The molecule has 1 saturated heterocycles. The first-order valence-electron chi connectivity index (χ1n) is 23.7. The van der Waals surface area contributed by atoms with E-state index in [9.17, 15) is 24.0 Å². The standard InChI is InChI=1S/C53H47FN14O6/c1-31-45(50(70)59-38-9-5-7-36(25-38)49(55)69)44-26-34(32-10-14-39(15-11-32)64-28-57-62(2)52(64)72)20-22-67(44)68(31)30-66-43-19-18-41(33-12-16-40(17-13-33)65-29-58-63(3)53(65)73)47(54)46(43)48(61-66)51(71)60-37-8-4-6-35(24-37)42-27-74-23-21-56-42/h4-14,16-20,22,24-26,28-29,39,42,56H,15,21,23,27,30H2,1-3H3,(H3-,55,59,60,69,70,71)/p+1. The number of rotatable bonds is 12. The van der Waals surface area contributed by atoms with Crippen molar-refractivity contribution in [3.05, 3.63) is 195 Å². The molecule has 9 aromatic rings. The van der Waals surface area contributed by atoms with Crippen molar-refractivity contribution in [2.75, 3.05) is 30.4 Å². The van der Waals surface area contributed by atoms with Crippen molar-refractivity contribution < 1.29 is 28.0 Å². The number of nitrogens with one attached hydrogen (secondary N) is 3. The molecule has 5 N–H and O–H groups in total. The lowest BCUT2D eigenvalue weighted by Gasteiger charge is -2.24. The van der Waals surface area contributed by atoms with Crippen LogP contribution in [0.1, 0.15) is 66.5 Å². The maximum Gasteiger partial charge on any atom is 0.350 e. The van der Waals surface area contributed by atoms with Gasteiger partial charge in [-0.2, -0.15) is 15.3 Å². The number of pyridine rings is 1. The van der Waals surface area contributed by atoms with Crippen LogP contribution >= 0.6 is 0 Å². The summed E-state index contributed by atoms with van der Waals surface area (Å²) in [5.74, 6) is -2.50. The molecule has 21 heteroatoms. The number of amides is 3. The number of ether oxygens (including phenoxy) is 1. The van der Waals surface area contributed by atoms with Crippen LogP contribution in [-0.4, -0.2) is 80.6 Å². The molecule has 3 amide bonds. The van der Waals surface area contributed by atoms with E-state index in [1.54, 1.807) is 95.4 Å². The zero-order valence-corrected chi connectivity index (χ0v) is 40.3. The molecule has 20 nitrogen and oxygen atoms in total. The molecular weight excluding hydrogens is 948 g/mol. The first-order valence-corrected chi connectivity index (χ1v) is 23.7. The second-order valence-electron chi connectivity index (χ2n) is 18.1. The van der Waals surface area contributed by atoms with Crippen LogP contribution in [0.15, 0.2) is 144 Å². The first-order chi connectivity index (χ1) is 35.8. The molecule has 0 bridgehead atoms. The Balaban J connectivity index is 1.01. The number of morpholine rings is 1. The molecule has 0 spiro atoms. The number of aryl methyl sites for hydroxylation is 2. The van der Waals surface area contributed by atoms with Gasteiger partial charge in [0.15, 0.2) is 12.4 Å². The molecule has 5 aromatic heterocycles. The minimum absolute atomic E-state index is 0.0392. The number of halogens is 1. The highest BCUT2D eigenvalue weighted by Crippen LogP contribution is 2.34. The van der Waals surface area contributed by atoms with Gasteiger partial charge in [-0.15, -0.1) is 4.68 Å². The molecule has 1 fully saturated rings. The number of fused-ring (bicyclic) bond motifs is 2. The van der Waals surface area contributed by atoms with Gasteiger partial charge in [-0.1, -0.05) is 53.1 Å². The number of benzene rings is 4. The molecule has 2 aliphatic rings. The second kappa shape index (κ2) is 19.0. The number of primary amides is 1. The van der Waals surface area contributed by atoms with E-state index < -0.39 is 23.5 Å². The van der Waals surface area contributed by atoms with Gasteiger partial charge in [0.05, 0.1) is 47.6 Å². The molecule has 2 atom stereocenters. The van der Waals surface area contributed by atoms with E-state index in [-0.39, 0.29) is 57.9 Å². The molecule has 372 valence electrons. The molecule has 11 rings (SSSR count). The first kappa shape index (κ1) is 47.0. The number of anilines is 2. The Bertz CT molecular complexity index is 3920. The van der Waals surface area contributed by atoms with E-state index in [0.717, 1.165) is 16.7 Å². The maximum absolute atomic E-state index is 17.5. The van der Waals surface area contributed by atoms with Crippen molar-refractivity contribution >= 4 is 51.1 Å². The fourth-order valence-corrected chi connectivity index (χ4v) is 9.61. The number of hydrogen-bond acceptors (Lipinski definition) is 10. The van der Waals surface area contributed by atoms with Gasteiger partial charge in [-0.3, -0.25) is 19.0 Å². The summed E-state index contributed by atoms with van der Waals surface area (Å²) >= 11 is 0. The SMILES string of the molecule is Cc1c(C(=O)Nc2cccc(C(N)=O)c2)c2cc(C3=CCC(n4cnn(C)c4=O)C=C3)cc[n+]2n1Cn1nc(C(=O)Nc2cccc(C3COCCN3)c2)c2c(F)c(-c3ccc(-n4cnn(C)c4=O)cc3)ccc21. The van der Waals surface area contributed by atoms with Crippen molar-refractivity contribution in [2.24, 2.45) is 19.8 Å². The largest absolute Gasteiger partial charge is 0.378 e. The fourth-order valence-electron chi connectivity index (χ4n) is 9.61. The average molecular weight is 996 g/mol. The minimum Gasteiger partial charge on any atom is -0.378 e. The van der Waals surface area contributed by atoms with Gasteiger partial charge >= 0.3 is 11.4 Å². The summed E-state index contributed by atoms with van der Waals surface area (Å²) in [6.07, 6.45) is 11.1. The van der Waals surface area contributed by atoms with E-state index in [1.807, 2.05) is 54.8 Å². The summed E-state index contributed by atoms with van der Waals surface area (Å²) in [5, 5.41) is 22.2. The fraction of sp³-hybridized carbons (Fsp3) is 0.189. The number of carbonyl (C=O) groups excluding carboxylic acids is 3. The van der Waals surface area contributed by atoms with Crippen LogP contribution in [-0.2, 0) is 25.5 Å². The summed E-state index contributed by atoms with van der Waals surface area (Å²) in [6.45, 7) is 3.42. The van der Waals surface area contributed by atoms with Crippen LogP contribution in [0.5, 0.6) is 0 Å². The monoisotopic (exact) mass is 995 g/mol. The molecule has 4 aromatic carbocycles. The lowest BCUT2D eigenvalue weighted by Crippen LogP contribution is -2.35. The summed E-state index contributed by atoms with van der Waals surface area (Å²) in [7, 11) is 3.14. The van der Waals surface area contributed by atoms with Gasteiger partial charge in [-0.25, -0.2) is 32.6 Å². The predicted octanol–water partition coefficient (Wildman–Crippen LogP) is 4.83. The highest BCUT2D eigenvalue weighted by Gasteiger charge is 2.31. The predicted molar refractivity (Wildman–Crippen MR) is 272 cm³/mol. The van der Waals surface area contributed by atoms with E-state index in [4.69, 9.17) is 15.6 Å². The van der Waals surface area contributed by atoms with Crippen LogP contribution in [0.25, 0.3) is 38.8 Å². The van der Waals surface area contributed by atoms with E-state index in [0.29, 0.717) is 65.5 Å². The Labute approximate surface area is 420 Å². The van der Waals surface area contributed by atoms with Gasteiger partial charge in [-0.05, 0) is 90.2 Å². The third kappa shape index (κ3) is 8.58. The van der Waals surface area contributed by atoms with Gasteiger partial charge in [0.1, 0.15) is 24.0 Å². The number of hydrogen-bond donors (Lipinski definition) is 4. The Morgan fingerprint density at radius 1 is 0.878 bits per heavy atom. The zero-order valence-electron chi connectivity index (χ0n) is 40.3. The van der Waals surface area contributed by atoms with Crippen LogP contribution < -0.4 is 37.6 Å². The molecular formula is C53H48FN14O6+. The smallest absolute Gasteiger partial charge is 0.350 e. The summed E-state index contributed by atoms with van der Waals surface area (Å²) < 4.78 is 33.7. The van der Waals surface area contributed by atoms with Crippen molar-refractivity contribution in [3.8, 4) is 16.8 Å². The average Bonchev–Trinajstić information content (AvgIpc) is 4.15. The van der Waals surface area contributed by atoms with Gasteiger partial charge in [0.25, 0.3) is 17.3 Å². The van der Waals surface area contributed by atoms with E-state index >= 15 is 4.39 Å². The number of aromatic nitrogens is 10. The summed E-state index contributed by atoms with van der Waals surface area (Å²) in [4.78, 5) is 66.6. The van der Waals surface area contributed by atoms with Crippen molar-refractivity contribution in [3.63, 3.8) is 0 Å². The number of allylic oxidation sites excluding steroid dienone is 4. The van der Waals surface area contributed by atoms with Crippen molar-refractivity contribution in [1.82, 2.24) is 48.5 Å². The topological polar surface area (TPSA) is 229 Å². The van der Waals surface area contributed by atoms with Crippen molar-refractivity contribution in [1.29, 1.82) is 0 Å². The molecule has 74 heavy (non-hydrogen) atoms. The molecule has 0 saturated carbocycles. The molecule has 1 aliphatic heterocycles.